The topological polar surface area (TPSA) is 301 Å². The van der Waals surface area contributed by atoms with Crippen LogP contribution in [0, 0.1) is 0 Å². The molecule has 2 aliphatic rings. The van der Waals surface area contributed by atoms with Gasteiger partial charge < -0.3 is 36.0 Å². The van der Waals surface area contributed by atoms with Crippen molar-refractivity contribution in [2.45, 2.75) is 21.8 Å². The van der Waals surface area contributed by atoms with Gasteiger partial charge in [-0.3, -0.25) is 33.9 Å². The molecule has 2 unspecified atom stereocenters. The number of thioether (sulfide) groups is 2. The maximum Gasteiger partial charge on any atom is 0.352 e. The molecule has 4 heterocycles. The first-order valence-electron chi connectivity index (χ1n) is 14.4. The van der Waals surface area contributed by atoms with Crippen molar-refractivity contribution in [1.82, 2.24) is 45.8 Å². The van der Waals surface area contributed by atoms with E-state index in [1.807, 2.05) is 10.1 Å². The highest BCUT2D eigenvalue weighted by Crippen LogP contribution is 2.42. The lowest BCUT2D eigenvalue weighted by Gasteiger charge is -2.49. The first-order chi connectivity index (χ1) is 23.9. The number of phenols is 1. The molecule has 50 heavy (non-hydrogen) atoms. The van der Waals surface area contributed by atoms with Crippen LogP contribution < -0.4 is 21.9 Å². The highest BCUT2D eigenvalue weighted by Gasteiger charge is 2.54. The molecule has 0 aliphatic carbocycles. The van der Waals surface area contributed by atoms with Crippen molar-refractivity contribution in [3.05, 3.63) is 72.6 Å². The molecule has 1 saturated heterocycles. The molecule has 264 valence electrons. The lowest BCUT2D eigenvalue weighted by molar-refractivity contribution is -0.151. The van der Waals surface area contributed by atoms with Crippen LogP contribution in [0.4, 0.5) is 0 Å². The van der Waals surface area contributed by atoms with Crippen LogP contribution >= 0.6 is 34.9 Å². The Morgan fingerprint density at radius 3 is 2.42 bits per heavy atom. The summed E-state index contributed by atoms with van der Waals surface area (Å²) < 4.78 is 0.340. The van der Waals surface area contributed by atoms with Gasteiger partial charge in [0.05, 0.1) is 13.2 Å². The monoisotopic (exact) mass is 749 g/mol. The van der Waals surface area contributed by atoms with Crippen molar-refractivity contribution in [3.8, 4) is 5.75 Å². The minimum atomic E-state index is -1.52. The molecule has 5 rings (SSSR count). The van der Waals surface area contributed by atoms with Gasteiger partial charge in [-0.15, -0.1) is 22.0 Å². The number of aromatic nitrogens is 5. The van der Waals surface area contributed by atoms with Crippen molar-refractivity contribution >= 4 is 64.5 Å². The van der Waals surface area contributed by atoms with Crippen LogP contribution in [-0.2, 0) is 14.4 Å². The van der Waals surface area contributed by atoms with Crippen molar-refractivity contribution in [1.29, 1.82) is 0 Å². The number of β-lactam (4-membered cyclic amide) rings is 1. The molecule has 1 fully saturated rings. The van der Waals surface area contributed by atoms with E-state index in [-0.39, 0.29) is 59.8 Å². The molecule has 0 radical (unpaired) electrons. The number of aliphatic carboxylic acids is 1. The van der Waals surface area contributed by atoms with E-state index in [4.69, 9.17) is 0 Å². The van der Waals surface area contributed by atoms with E-state index in [0.29, 0.717) is 9.91 Å². The van der Waals surface area contributed by atoms with Crippen molar-refractivity contribution in [2.75, 3.05) is 37.8 Å². The molecule has 3 atom stereocenters. The van der Waals surface area contributed by atoms with E-state index in [1.54, 1.807) is 0 Å². The average molecular weight is 750 g/mol. The number of nitrogens with zero attached hydrogens (tertiary/aromatic N) is 5. The van der Waals surface area contributed by atoms with Crippen LogP contribution in [-0.4, -0.2) is 134 Å². The second kappa shape index (κ2) is 15.6. The van der Waals surface area contributed by atoms with E-state index in [1.165, 1.54) is 40.9 Å². The maximum absolute atomic E-state index is 13.5. The number of hydrogen-bond donors (Lipinski definition) is 8. The Kier molecular flexibility index (Phi) is 11.3. The Hall–Kier alpha value is -5.10. The van der Waals surface area contributed by atoms with Gasteiger partial charge in [0.15, 0.2) is 4.34 Å². The molecule has 2 aliphatic heterocycles. The van der Waals surface area contributed by atoms with E-state index >= 15 is 0 Å². The number of fused-ring (bicyclic) bond motifs is 1. The number of phenolic OH excluding ortho intramolecular Hbond substituents is 1. The van der Waals surface area contributed by atoms with Crippen LogP contribution in [0.5, 0.6) is 5.75 Å². The summed E-state index contributed by atoms with van der Waals surface area (Å²) in [4.78, 5) is 92.3. The smallest absolute Gasteiger partial charge is 0.352 e. The molecule has 4 amide bonds. The zero-order valence-electron chi connectivity index (χ0n) is 25.4. The zero-order chi connectivity index (χ0) is 36.1. The fourth-order valence-electron chi connectivity index (χ4n) is 4.89. The normalized spacial score (nSPS) is 17.4. The van der Waals surface area contributed by atoms with Crippen LogP contribution in [0.15, 0.2) is 49.5 Å². The van der Waals surface area contributed by atoms with Gasteiger partial charge in [0.25, 0.3) is 23.3 Å². The molecule has 20 nitrogen and oxygen atoms in total. The van der Waals surface area contributed by atoms with Gasteiger partial charge in [-0.1, -0.05) is 35.2 Å². The van der Waals surface area contributed by atoms with Crippen LogP contribution in [0.25, 0.3) is 0 Å². The standard InChI is InChI=1S/C27H27N9O11S3/c37-7-5-35(6-8-38)23(44)21-32-34-27(50-21)49-10-12-9-48-24-16(22(43)36(24)17(12)25(45)46)29-18(40)14(11-1-3-13(39)4-2-11)28-19(41)15-20(42)30-26(47)33-31-15/h1-4,14,16,24,37-39H,5-10H2,(H,28,41)(H,29,40)(H,45,46)(H2,30,33,42,47)/t14?,16?,24-/m1/s1. The Morgan fingerprint density at radius 2 is 1.78 bits per heavy atom. The maximum atomic E-state index is 13.5. The number of aromatic amines is 2. The molecule has 8 N–H and O–H groups in total. The fraction of sp³-hybridized carbons (Fsp3) is 0.333. The second-order valence-electron chi connectivity index (χ2n) is 10.4. The molecule has 0 spiro atoms. The fourth-order valence-corrected chi connectivity index (χ4v) is 8.20. The Labute approximate surface area is 292 Å². The zero-order valence-corrected chi connectivity index (χ0v) is 27.8. The molecule has 3 aromatic rings. The molecule has 0 bridgehead atoms. The summed E-state index contributed by atoms with van der Waals surface area (Å²) in [5.41, 5.74) is -2.59. The first-order valence-corrected chi connectivity index (χ1v) is 17.2. The summed E-state index contributed by atoms with van der Waals surface area (Å²) in [6.07, 6.45) is 0. The number of amides is 4. The minimum absolute atomic E-state index is 0.0124. The third kappa shape index (κ3) is 7.70. The highest BCUT2D eigenvalue weighted by molar-refractivity contribution is 8.01. The second-order valence-corrected chi connectivity index (χ2v) is 13.7. The molecule has 23 heteroatoms. The van der Waals surface area contributed by atoms with Gasteiger partial charge >= 0.3 is 11.7 Å². The Morgan fingerprint density at radius 1 is 1.08 bits per heavy atom. The summed E-state index contributed by atoms with van der Waals surface area (Å²) in [6, 6.07) is 2.42. The first kappa shape index (κ1) is 36.2. The number of aliphatic hydroxyl groups excluding tert-OH is 2. The summed E-state index contributed by atoms with van der Waals surface area (Å²) in [7, 11) is 0. The number of hydrogen-bond acceptors (Lipinski definition) is 16. The lowest BCUT2D eigenvalue weighted by Crippen LogP contribution is -2.71. The lowest BCUT2D eigenvalue weighted by atomic mass is 10.0. The van der Waals surface area contributed by atoms with E-state index in [9.17, 15) is 54.0 Å². The minimum Gasteiger partial charge on any atom is -0.508 e. The number of aromatic hydroxyl groups is 1. The van der Waals surface area contributed by atoms with Gasteiger partial charge in [0.1, 0.15) is 28.9 Å². The molecule has 2 aromatic heterocycles. The number of carboxylic acid groups (broad SMARTS) is 1. The largest absolute Gasteiger partial charge is 0.508 e. The molecule has 1 aromatic carbocycles. The third-order valence-corrected chi connectivity index (χ3v) is 10.7. The number of carbonyl (C=O) groups is 5. The molecule has 0 saturated carbocycles. The van der Waals surface area contributed by atoms with E-state index in [0.717, 1.165) is 28.0 Å². The van der Waals surface area contributed by atoms with E-state index in [2.05, 4.69) is 25.9 Å². The quantitative estimate of drug-likeness (QED) is 0.0621. The number of benzene rings is 1. The highest BCUT2D eigenvalue weighted by atomic mass is 32.2. The predicted octanol–water partition coefficient (Wildman–Crippen LogP) is -2.56. The summed E-state index contributed by atoms with van der Waals surface area (Å²) in [5, 5.41) is 55.4. The predicted molar refractivity (Wildman–Crippen MR) is 174 cm³/mol. The number of carboxylic acids is 1. The summed E-state index contributed by atoms with van der Waals surface area (Å²) in [6.45, 7) is -0.655. The van der Waals surface area contributed by atoms with Gasteiger partial charge in [-0.2, -0.15) is 5.10 Å². The van der Waals surface area contributed by atoms with Crippen molar-refractivity contribution < 1.29 is 44.4 Å². The van der Waals surface area contributed by atoms with Crippen LogP contribution in [0.2, 0.25) is 0 Å². The van der Waals surface area contributed by atoms with Crippen LogP contribution in [0.3, 0.4) is 0 Å². The van der Waals surface area contributed by atoms with Gasteiger partial charge in [0, 0.05) is 24.6 Å². The number of aliphatic hydroxyl groups is 2. The number of nitrogens with one attached hydrogen (secondary N) is 4. The van der Waals surface area contributed by atoms with Crippen molar-refractivity contribution in [3.63, 3.8) is 0 Å². The van der Waals surface area contributed by atoms with Gasteiger partial charge in [-0.05, 0) is 23.3 Å². The van der Waals surface area contributed by atoms with Gasteiger partial charge in [0.2, 0.25) is 16.6 Å². The van der Waals surface area contributed by atoms with E-state index < -0.39 is 64.0 Å². The number of rotatable bonds is 14. The Balaban J connectivity index is 1.29. The summed E-state index contributed by atoms with van der Waals surface area (Å²) >= 11 is 3.23. The van der Waals surface area contributed by atoms with Gasteiger partial charge in [-0.25, -0.2) is 14.7 Å². The Bertz CT molecular complexity index is 1960. The SMILES string of the molecule is O=C(O)C1=C(CSc2nnc(C(=O)N(CCO)CCO)s2)CS[C@@H]2C(NC(=O)C(NC(=O)c3n[nH]c(=O)[nH]c3=O)c3ccc(O)cc3)C(=O)N12. The average Bonchev–Trinajstić information content (AvgIpc) is 3.57. The van der Waals surface area contributed by atoms with Crippen LogP contribution in [0.1, 0.15) is 31.9 Å². The third-order valence-electron chi connectivity index (χ3n) is 7.22. The van der Waals surface area contributed by atoms with Crippen molar-refractivity contribution in [2.24, 2.45) is 0 Å². The number of carbonyl (C=O) groups excluding carboxylic acids is 4. The number of H-pyrrole nitrogens is 2. The summed E-state index contributed by atoms with van der Waals surface area (Å²) in [5.74, 6) is -4.60. The molecular weight excluding hydrogens is 723 g/mol. The molecular formula is C27H27N9O11S3.